The summed E-state index contributed by atoms with van der Waals surface area (Å²) in [5, 5.41) is 11.2. The molecule has 1 fully saturated rings. The second kappa shape index (κ2) is 10.2. The Kier molecular flexibility index (Phi) is 6.91. The van der Waals surface area contributed by atoms with Crippen LogP contribution in [-0.2, 0) is 16.1 Å². The van der Waals surface area contributed by atoms with E-state index in [1.165, 1.54) is 25.4 Å². The molecular weight excluding hydrogens is 450 g/mol. The quantitative estimate of drug-likeness (QED) is 0.211. The van der Waals surface area contributed by atoms with E-state index in [0.717, 1.165) is 0 Å². The third-order valence-corrected chi connectivity index (χ3v) is 5.67. The second-order valence-corrected chi connectivity index (χ2v) is 7.74. The van der Waals surface area contributed by atoms with Crippen molar-refractivity contribution in [1.82, 2.24) is 4.90 Å². The van der Waals surface area contributed by atoms with Crippen molar-refractivity contribution in [3.8, 4) is 17.2 Å². The van der Waals surface area contributed by atoms with Gasteiger partial charge in [-0.1, -0.05) is 18.7 Å². The molecule has 3 aromatic rings. The molecule has 1 aliphatic rings. The summed E-state index contributed by atoms with van der Waals surface area (Å²) in [5.74, 6) is 0.179. The van der Waals surface area contributed by atoms with Gasteiger partial charge >= 0.3 is 0 Å². The summed E-state index contributed by atoms with van der Waals surface area (Å²) < 4.78 is 21.7. The fourth-order valence-corrected chi connectivity index (χ4v) is 4.00. The van der Waals surface area contributed by atoms with Gasteiger partial charge in [-0.15, -0.1) is 0 Å². The van der Waals surface area contributed by atoms with Crippen molar-refractivity contribution in [3.63, 3.8) is 0 Å². The molecule has 0 radical (unpaired) electrons. The number of methoxy groups -OCH3 is 2. The lowest BCUT2D eigenvalue weighted by Gasteiger charge is -2.25. The summed E-state index contributed by atoms with van der Waals surface area (Å²) in [5.41, 5.74) is 0.909. The number of Topliss-reactive ketones (excluding diaryl/α,β-unsaturated/α-hetero) is 1. The highest BCUT2D eigenvalue weighted by molar-refractivity contribution is 6.46. The number of aliphatic hydroxyl groups excluding tert-OH is 1. The zero-order valence-electron chi connectivity index (χ0n) is 19.4. The van der Waals surface area contributed by atoms with Gasteiger partial charge in [-0.2, -0.15) is 0 Å². The van der Waals surface area contributed by atoms with Crippen LogP contribution in [0, 0.1) is 0 Å². The highest BCUT2D eigenvalue weighted by Gasteiger charge is 2.46. The Balaban J connectivity index is 1.82. The average molecular weight is 475 g/mol. The number of carbonyl (C=O) groups excluding carboxylic acids is 2. The van der Waals surface area contributed by atoms with Gasteiger partial charge in [-0.05, 0) is 54.1 Å². The highest BCUT2D eigenvalue weighted by Crippen LogP contribution is 2.42. The van der Waals surface area contributed by atoms with E-state index in [9.17, 15) is 14.7 Å². The van der Waals surface area contributed by atoms with Crippen molar-refractivity contribution in [1.29, 1.82) is 0 Å². The Morgan fingerprint density at radius 3 is 2.46 bits per heavy atom. The van der Waals surface area contributed by atoms with E-state index in [2.05, 4.69) is 6.58 Å². The van der Waals surface area contributed by atoms with Crippen molar-refractivity contribution in [2.45, 2.75) is 12.6 Å². The number of aliphatic hydroxyl groups is 1. The number of amides is 1. The summed E-state index contributed by atoms with van der Waals surface area (Å²) >= 11 is 0. The van der Waals surface area contributed by atoms with E-state index in [1.54, 1.807) is 60.7 Å². The number of benzene rings is 2. The molecule has 1 aliphatic heterocycles. The fraction of sp³-hybridized carbons (Fsp3) is 0.185. The van der Waals surface area contributed by atoms with Crippen LogP contribution < -0.4 is 14.2 Å². The van der Waals surface area contributed by atoms with Gasteiger partial charge in [0, 0.05) is 5.56 Å². The smallest absolute Gasteiger partial charge is 0.296 e. The normalized spacial score (nSPS) is 16.9. The first kappa shape index (κ1) is 23.7. The van der Waals surface area contributed by atoms with Crippen LogP contribution in [-0.4, -0.2) is 42.5 Å². The molecule has 1 atom stereocenters. The van der Waals surface area contributed by atoms with Crippen LogP contribution in [0.3, 0.4) is 0 Å². The largest absolute Gasteiger partial charge is 0.507 e. The van der Waals surface area contributed by atoms with Gasteiger partial charge in [0.25, 0.3) is 11.7 Å². The predicted molar refractivity (Wildman–Crippen MR) is 128 cm³/mol. The Morgan fingerprint density at radius 2 is 1.83 bits per heavy atom. The van der Waals surface area contributed by atoms with E-state index in [0.29, 0.717) is 40.7 Å². The number of hydrogen-bond donors (Lipinski definition) is 1. The van der Waals surface area contributed by atoms with Crippen LogP contribution in [0.5, 0.6) is 17.2 Å². The van der Waals surface area contributed by atoms with Gasteiger partial charge in [-0.3, -0.25) is 9.59 Å². The number of ketones is 1. The topological polar surface area (TPSA) is 98.4 Å². The van der Waals surface area contributed by atoms with Crippen molar-refractivity contribution < 1.29 is 33.3 Å². The monoisotopic (exact) mass is 475 g/mol. The predicted octanol–water partition coefficient (Wildman–Crippen LogP) is 4.48. The molecule has 0 unspecified atom stereocenters. The minimum atomic E-state index is -0.878. The second-order valence-electron chi connectivity index (χ2n) is 7.74. The van der Waals surface area contributed by atoms with Gasteiger partial charge < -0.3 is 28.6 Å². The zero-order valence-corrected chi connectivity index (χ0v) is 19.4. The first-order chi connectivity index (χ1) is 17.0. The summed E-state index contributed by atoms with van der Waals surface area (Å²) in [6, 6.07) is 14.2. The summed E-state index contributed by atoms with van der Waals surface area (Å²) in [6.45, 7) is 3.99. The number of rotatable bonds is 9. The molecule has 2 heterocycles. The van der Waals surface area contributed by atoms with Crippen molar-refractivity contribution in [2.24, 2.45) is 0 Å². The van der Waals surface area contributed by atoms with Crippen LogP contribution in [0.15, 0.2) is 83.5 Å². The first-order valence-electron chi connectivity index (χ1n) is 10.8. The fourth-order valence-electron chi connectivity index (χ4n) is 4.00. The molecule has 180 valence electrons. The zero-order chi connectivity index (χ0) is 24.9. The van der Waals surface area contributed by atoms with Gasteiger partial charge in [0.2, 0.25) is 0 Å². The average Bonchev–Trinajstić information content (AvgIpc) is 3.49. The van der Waals surface area contributed by atoms with E-state index in [4.69, 9.17) is 18.6 Å². The molecule has 1 saturated heterocycles. The lowest BCUT2D eigenvalue weighted by Crippen LogP contribution is -2.29. The number of hydrogen-bond acceptors (Lipinski definition) is 7. The minimum Gasteiger partial charge on any atom is -0.507 e. The van der Waals surface area contributed by atoms with Gasteiger partial charge in [0.1, 0.15) is 23.9 Å². The highest BCUT2D eigenvalue weighted by atomic mass is 16.5. The molecule has 35 heavy (non-hydrogen) atoms. The SMILES string of the molecule is C=CCOc1ccc(C(O)=C2C(=O)C(=O)N(Cc3ccco3)[C@H]2c2ccc(OC)c(OC)c2)cc1. The van der Waals surface area contributed by atoms with Crippen LogP contribution in [0.4, 0.5) is 0 Å². The molecule has 0 spiro atoms. The Bertz CT molecular complexity index is 1260. The molecule has 0 aliphatic carbocycles. The van der Waals surface area contributed by atoms with Crippen LogP contribution in [0.2, 0.25) is 0 Å². The molecular formula is C27H25NO7. The number of ether oxygens (including phenoxy) is 3. The van der Waals surface area contributed by atoms with E-state index < -0.39 is 17.7 Å². The Labute approximate surface area is 202 Å². The third-order valence-electron chi connectivity index (χ3n) is 5.67. The molecule has 4 rings (SSSR count). The maximum Gasteiger partial charge on any atom is 0.296 e. The van der Waals surface area contributed by atoms with Gasteiger partial charge in [0.05, 0.1) is 38.6 Å². The summed E-state index contributed by atoms with van der Waals surface area (Å²) in [6.07, 6.45) is 3.12. The molecule has 1 amide bonds. The first-order valence-corrected chi connectivity index (χ1v) is 10.8. The lowest BCUT2D eigenvalue weighted by molar-refractivity contribution is -0.140. The maximum absolute atomic E-state index is 13.2. The number of nitrogens with zero attached hydrogens (tertiary/aromatic N) is 1. The standard InChI is InChI=1S/C27H25NO7/c1-4-13-34-19-10-7-17(8-11-19)25(29)23-24(18-9-12-21(32-2)22(15-18)33-3)28(27(31)26(23)30)16-20-6-5-14-35-20/h4-12,14-15,24,29H,1,13,16H2,2-3H3/t24-/m0/s1. The van der Waals surface area contributed by atoms with Crippen LogP contribution in [0.1, 0.15) is 22.9 Å². The van der Waals surface area contributed by atoms with E-state index in [-0.39, 0.29) is 17.9 Å². The van der Waals surface area contributed by atoms with E-state index in [1.807, 2.05) is 0 Å². The molecule has 8 heteroatoms. The van der Waals surface area contributed by atoms with Crippen molar-refractivity contribution in [3.05, 3.63) is 96.0 Å². The van der Waals surface area contributed by atoms with E-state index >= 15 is 0 Å². The molecule has 8 nitrogen and oxygen atoms in total. The number of likely N-dealkylation sites (tertiary alicyclic amines) is 1. The van der Waals surface area contributed by atoms with Gasteiger partial charge in [0.15, 0.2) is 11.5 Å². The molecule has 1 N–H and O–H groups in total. The number of furan rings is 1. The molecule has 1 aromatic heterocycles. The van der Waals surface area contributed by atoms with Crippen LogP contribution in [0.25, 0.3) is 5.76 Å². The van der Waals surface area contributed by atoms with Crippen molar-refractivity contribution >= 4 is 17.4 Å². The molecule has 0 bridgehead atoms. The third kappa shape index (κ3) is 4.63. The Hall–Kier alpha value is -4.46. The lowest BCUT2D eigenvalue weighted by atomic mass is 9.95. The summed E-state index contributed by atoms with van der Waals surface area (Å²) in [7, 11) is 3.01. The van der Waals surface area contributed by atoms with Crippen molar-refractivity contribution in [2.75, 3.05) is 20.8 Å². The molecule has 0 saturated carbocycles. The number of carbonyl (C=O) groups is 2. The van der Waals surface area contributed by atoms with Gasteiger partial charge in [-0.25, -0.2) is 0 Å². The summed E-state index contributed by atoms with van der Waals surface area (Å²) in [4.78, 5) is 27.7. The minimum absolute atomic E-state index is 0.0338. The Morgan fingerprint density at radius 1 is 1.09 bits per heavy atom. The molecule has 2 aromatic carbocycles. The van der Waals surface area contributed by atoms with Crippen LogP contribution >= 0.6 is 0 Å². The maximum atomic E-state index is 13.2.